The number of hydrogen-bond donors (Lipinski definition) is 2. The van der Waals surface area contributed by atoms with Crippen LogP contribution in [0.25, 0.3) is 0 Å². The lowest BCUT2D eigenvalue weighted by Gasteiger charge is -2.26. The lowest BCUT2D eigenvalue weighted by Crippen LogP contribution is -2.54. The fourth-order valence-corrected chi connectivity index (χ4v) is 1.99. The first kappa shape index (κ1) is 14.4. The summed E-state index contributed by atoms with van der Waals surface area (Å²) in [5, 5.41) is 11.4. The molecule has 20 heavy (non-hydrogen) atoms. The maximum absolute atomic E-state index is 13.1. The Balaban J connectivity index is 2.26. The molecule has 0 aliphatic heterocycles. The molecule has 0 bridgehead atoms. The molecule has 0 aromatic heterocycles. The Labute approximate surface area is 112 Å². The van der Waals surface area contributed by atoms with Gasteiger partial charge in [0.25, 0.3) is 5.91 Å². The summed E-state index contributed by atoms with van der Waals surface area (Å²) < 4.78 is 38.9. The van der Waals surface area contributed by atoms with Crippen LogP contribution in [0.1, 0.15) is 30.1 Å². The maximum atomic E-state index is 13.1. The second-order valence-corrected chi connectivity index (χ2v) is 4.99. The number of carbonyl (C=O) groups excluding carboxylic acids is 1. The molecule has 1 saturated carbocycles. The number of aliphatic carboxylic acids is 1. The van der Waals surface area contributed by atoms with Crippen LogP contribution in [-0.2, 0) is 4.79 Å². The molecule has 0 heterocycles. The van der Waals surface area contributed by atoms with Crippen molar-refractivity contribution in [3.8, 4) is 0 Å². The zero-order valence-corrected chi connectivity index (χ0v) is 10.5. The van der Waals surface area contributed by atoms with Crippen LogP contribution in [0.15, 0.2) is 12.1 Å². The van der Waals surface area contributed by atoms with Crippen molar-refractivity contribution in [3.63, 3.8) is 0 Å². The van der Waals surface area contributed by atoms with Gasteiger partial charge in [0.2, 0.25) is 0 Å². The summed E-state index contributed by atoms with van der Waals surface area (Å²) in [6.07, 6.45) is 1.30. The van der Waals surface area contributed by atoms with E-state index in [9.17, 15) is 22.8 Å². The van der Waals surface area contributed by atoms with E-state index in [0.29, 0.717) is 25.0 Å². The van der Waals surface area contributed by atoms with Crippen molar-refractivity contribution in [2.24, 2.45) is 5.92 Å². The monoisotopic (exact) mass is 287 g/mol. The SMILES string of the molecule is CC(NC(=O)c1cc(F)c(F)c(F)c1)(C(=O)O)C1CC1. The zero-order chi connectivity index (χ0) is 15.1. The molecular formula is C13H12F3NO3. The number of carboxylic acids is 1. The number of amides is 1. The minimum Gasteiger partial charge on any atom is -0.480 e. The Morgan fingerprint density at radius 2 is 1.75 bits per heavy atom. The van der Waals surface area contributed by atoms with Crippen LogP contribution >= 0.6 is 0 Å². The molecule has 1 aliphatic rings. The van der Waals surface area contributed by atoms with Crippen LogP contribution in [0.2, 0.25) is 0 Å². The molecule has 0 saturated heterocycles. The highest BCUT2D eigenvalue weighted by molar-refractivity contribution is 5.98. The molecule has 1 aromatic rings. The highest BCUT2D eigenvalue weighted by Gasteiger charge is 2.48. The summed E-state index contributed by atoms with van der Waals surface area (Å²) in [7, 11) is 0. The lowest BCUT2D eigenvalue weighted by molar-refractivity contribution is -0.144. The fraction of sp³-hybridized carbons (Fsp3) is 0.385. The van der Waals surface area contributed by atoms with E-state index >= 15 is 0 Å². The molecule has 1 atom stereocenters. The highest BCUT2D eigenvalue weighted by atomic mass is 19.2. The van der Waals surface area contributed by atoms with Crippen LogP contribution in [0, 0.1) is 23.4 Å². The molecule has 108 valence electrons. The average Bonchev–Trinajstić information content (AvgIpc) is 3.19. The van der Waals surface area contributed by atoms with Gasteiger partial charge in [-0.15, -0.1) is 0 Å². The molecule has 1 aromatic carbocycles. The van der Waals surface area contributed by atoms with Gasteiger partial charge in [-0.1, -0.05) is 0 Å². The fourth-order valence-electron chi connectivity index (χ4n) is 1.99. The Morgan fingerprint density at radius 1 is 1.25 bits per heavy atom. The molecule has 0 spiro atoms. The smallest absolute Gasteiger partial charge is 0.329 e. The topological polar surface area (TPSA) is 66.4 Å². The van der Waals surface area contributed by atoms with Crippen LogP contribution < -0.4 is 5.32 Å². The second-order valence-electron chi connectivity index (χ2n) is 4.99. The first-order valence-electron chi connectivity index (χ1n) is 5.96. The Morgan fingerprint density at radius 3 is 2.15 bits per heavy atom. The third kappa shape index (κ3) is 2.48. The van der Waals surface area contributed by atoms with Gasteiger partial charge in [-0.05, 0) is 37.8 Å². The highest BCUT2D eigenvalue weighted by Crippen LogP contribution is 2.39. The van der Waals surface area contributed by atoms with Gasteiger partial charge in [-0.25, -0.2) is 18.0 Å². The van der Waals surface area contributed by atoms with Crippen molar-refractivity contribution in [2.75, 3.05) is 0 Å². The molecular weight excluding hydrogens is 275 g/mol. The van der Waals surface area contributed by atoms with E-state index in [-0.39, 0.29) is 5.92 Å². The number of nitrogens with one attached hydrogen (secondary N) is 1. The molecule has 1 fully saturated rings. The molecule has 1 aliphatic carbocycles. The van der Waals surface area contributed by atoms with Crippen molar-refractivity contribution in [1.82, 2.24) is 5.32 Å². The number of carbonyl (C=O) groups is 2. The molecule has 2 rings (SSSR count). The molecule has 7 heteroatoms. The van der Waals surface area contributed by atoms with Crippen molar-refractivity contribution in [3.05, 3.63) is 35.1 Å². The lowest BCUT2D eigenvalue weighted by atomic mass is 9.95. The zero-order valence-electron chi connectivity index (χ0n) is 10.5. The molecule has 2 N–H and O–H groups in total. The van der Waals surface area contributed by atoms with Gasteiger partial charge in [0.05, 0.1) is 0 Å². The summed E-state index contributed by atoms with van der Waals surface area (Å²) in [5.74, 6) is -7.09. The maximum Gasteiger partial charge on any atom is 0.329 e. The number of halogens is 3. The van der Waals surface area contributed by atoms with Gasteiger partial charge in [0.1, 0.15) is 5.54 Å². The van der Waals surface area contributed by atoms with Gasteiger partial charge >= 0.3 is 5.97 Å². The van der Waals surface area contributed by atoms with Gasteiger partial charge in [-0.2, -0.15) is 0 Å². The van der Waals surface area contributed by atoms with E-state index in [1.54, 1.807) is 0 Å². The summed E-state index contributed by atoms with van der Waals surface area (Å²) in [5.41, 5.74) is -1.96. The van der Waals surface area contributed by atoms with Gasteiger partial charge < -0.3 is 10.4 Å². The van der Waals surface area contributed by atoms with E-state index < -0.39 is 40.4 Å². The first-order valence-corrected chi connectivity index (χ1v) is 5.96. The number of carboxylic acid groups (broad SMARTS) is 1. The standard InChI is InChI=1S/C13H12F3NO3/c1-13(12(19)20,7-2-3-7)17-11(18)6-4-8(14)10(16)9(15)5-6/h4-5,7H,2-3H2,1H3,(H,17,18)(H,19,20). The molecule has 4 nitrogen and oxygen atoms in total. The van der Waals surface area contributed by atoms with Crippen molar-refractivity contribution >= 4 is 11.9 Å². The number of hydrogen-bond acceptors (Lipinski definition) is 2. The van der Waals surface area contributed by atoms with Crippen LogP contribution in [0.5, 0.6) is 0 Å². The predicted octanol–water partition coefficient (Wildman–Crippen LogP) is 2.09. The van der Waals surface area contributed by atoms with Crippen LogP contribution in [-0.4, -0.2) is 22.5 Å². The summed E-state index contributed by atoms with van der Waals surface area (Å²) in [6, 6.07) is 1.06. The summed E-state index contributed by atoms with van der Waals surface area (Å²) in [4.78, 5) is 23.1. The minimum atomic E-state index is -1.68. The number of benzene rings is 1. The average molecular weight is 287 g/mol. The first-order chi connectivity index (χ1) is 9.25. The van der Waals surface area contributed by atoms with E-state index in [1.807, 2.05) is 0 Å². The normalized spacial score (nSPS) is 17.4. The van der Waals surface area contributed by atoms with Crippen molar-refractivity contribution in [1.29, 1.82) is 0 Å². The third-order valence-corrected chi connectivity index (χ3v) is 3.46. The van der Waals surface area contributed by atoms with Gasteiger partial charge in [0, 0.05) is 5.56 Å². The third-order valence-electron chi connectivity index (χ3n) is 3.46. The van der Waals surface area contributed by atoms with Crippen LogP contribution in [0.4, 0.5) is 13.2 Å². The molecule has 1 unspecified atom stereocenters. The van der Waals surface area contributed by atoms with Crippen molar-refractivity contribution in [2.45, 2.75) is 25.3 Å². The van der Waals surface area contributed by atoms with E-state index in [4.69, 9.17) is 5.11 Å². The van der Waals surface area contributed by atoms with Gasteiger partial charge in [-0.3, -0.25) is 4.79 Å². The molecule has 1 amide bonds. The molecule has 0 radical (unpaired) electrons. The predicted molar refractivity (Wildman–Crippen MR) is 62.5 cm³/mol. The van der Waals surface area contributed by atoms with E-state index in [2.05, 4.69) is 5.32 Å². The summed E-state index contributed by atoms with van der Waals surface area (Å²) in [6.45, 7) is 1.33. The minimum absolute atomic E-state index is 0.223. The largest absolute Gasteiger partial charge is 0.480 e. The Bertz CT molecular complexity index is 563. The Kier molecular flexibility index (Phi) is 3.45. The second kappa shape index (κ2) is 4.81. The quantitative estimate of drug-likeness (QED) is 0.833. The summed E-state index contributed by atoms with van der Waals surface area (Å²) >= 11 is 0. The number of rotatable bonds is 4. The van der Waals surface area contributed by atoms with Gasteiger partial charge in [0.15, 0.2) is 17.5 Å². The Hall–Kier alpha value is -2.05. The van der Waals surface area contributed by atoms with Crippen LogP contribution in [0.3, 0.4) is 0 Å². The van der Waals surface area contributed by atoms with E-state index in [1.165, 1.54) is 6.92 Å². The van der Waals surface area contributed by atoms with E-state index in [0.717, 1.165) is 0 Å². The van der Waals surface area contributed by atoms with Crippen molar-refractivity contribution < 1.29 is 27.9 Å².